The van der Waals surface area contributed by atoms with Crippen molar-refractivity contribution >= 4 is 27.5 Å². The lowest BCUT2D eigenvalue weighted by Gasteiger charge is -2.10. The number of ether oxygens (including phenoxy) is 4. The van der Waals surface area contributed by atoms with Gasteiger partial charge in [0, 0.05) is 18.7 Å². The maximum atomic E-state index is 13.0. The van der Waals surface area contributed by atoms with Gasteiger partial charge >= 0.3 is 0 Å². The first-order valence-corrected chi connectivity index (χ1v) is 9.55. The van der Waals surface area contributed by atoms with Crippen LogP contribution in [0, 0.1) is 0 Å². The molecule has 0 saturated carbocycles. The fraction of sp³-hybridized carbons (Fsp3) is 0.238. The van der Waals surface area contributed by atoms with Crippen LogP contribution in [0.3, 0.4) is 0 Å². The average Bonchev–Trinajstić information content (AvgIpc) is 3.07. The number of allylic oxidation sites excluding steroid dienone is 1. The van der Waals surface area contributed by atoms with E-state index < -0.39 is 5.91 Å². The molecule has 0 aliphatic heterocycles. The highest BCUT2D eigenvalue weighted by Gasteiger charge is 2.17. The molecule has 1 amide bonds. The van der Waals surface area contributed by atoms with E-state index in [-0.39, 0.29) is 0 Å². The predicted octanol–water partition coefficient (Wildman–Crippen LogP) is 3.66. The minimum atomic E-state index is -0.427. The van der Waals surface area contributed by atoms with Gasteiger partial charge in [0.2, 0.25) is 0 Å². The fourth-order valence-electron chi connectivity index (χ4n) is 2.99. The third-order valence-corrected chi connectivity index (χ3v) is 5.37. The molecule has 0 N–H and O–H groups in total. The molecule has 0 unspecified atom stereocenters. The number of carbonyl (C=O) groups excluding carboxylic acids is 1. The minimum Gasteiger partial charge on any atom is -0.493 e. The number of nitrogens with zero attached hydrogens (tertiary/aromatic N) is 2. The summed E-state index contributed by atoms with van der Waals surface area (Å²) in [6, 6.07) is 8.84. The zero-order valence-electron chi connectivity index (χ0n) is 16.7. The van der Waals surface area contributed by atoms with Gasteiger partial charge in [0.1, 0.15) is 0 Å². The summed E-state index contributed by atoms with van der Waals surface area (Å²) >= 11 is 1.38. The van der Waals surface area contributed by atoms with Crippen molar-refractivity contribution in [3.63, 3.8) is 0 Å². The van der Waals surface area contributed by atoms with Crippen molar-refractivity contribution in [1.82, 2.24) is 4.57 Å². The van der Waals surface area contributed by atoms with Crippen molar-refractivity contribution < 1.29 is 23.7 Å². The molecule has 1 aromatic heterocycles. The molecule has 7 nitrogen and oxygen atoms in total. The van der Waals surface area contributed by atoms with Crippen molar-refractivity contribution in [1.29, 1.82) is 0 Å². The molecular formula is C21H22N2O5S. The number of aromatic nitrogens is 1. The highest BCUT2D eigenvalue weighted by atomic mass is 32.1. The van der Waals surface area contributed by atoms with Gasteiger partial charge in [-0.15, -0.1) is 6.58 Å². The molecule has 1 heterocycles. The Labute approximate surface area is 172 Å². The monoisotopic (exact) mass is 414 g/mol. The summed E-state index contributed by atoms with van der Waals surface area (Å²) in [6.45, 7) is 4.29. The third kappa shape index (κ3) is 3.84. The van der Waals surface area contributed by atoms with E-state index in [9.17, 15) is 4.79 Å². The van der Waals surface area contributed by atoms with Crippen LogP contribution in [0.2, 0.25) is 0 Å². The summed E-state index contributed by atoms with van der Waals surface area (Å²) < 4.78 is 24.2. The number of para-hydroxylation sites is 1. The van der Waals surface area contributed by atoms with Gasteiger partial charge in [0.25, 0.3) is 5.91 Å². The van der Waals surface area contributed by atoms with Crippen molar-refractivity contribution in [2.75, 3.05) is 28.4 Å². The molecule has 3 aromatic rings. The van der Waals surface area contributed by atoms with Gasteiger partial charge in [-0.3, -0.25) is 4.79 Å². The lowest BCUT2D eigenvalue weighted by molar-refractivity contribution is 0.0994. The molecule has 0 bridgehead atoms. The van der Waals surface area contributed by atoms with Crippen LogP contribution >= 0.6 is 11.3 Å². The van der Waals surface area contributed by atoms with Gasteiger partial charge < -0.3 is 23.5 Å². The highest BCUT2D eigenvalue weighted by molar-refractivity contribution is 7.16. The number of benzene rings is 2. The number of hydrogen-bond acceptors (Lipinski definition) is 6. The Balaban J connectivity index is 2.21. The molecule has 152 valence electrons. The van der Waals surface area contributed by atoms with Crippen LogP contribution < -0.4 is 23.7 Å². The SMILES string of the molecule is C=CCn1c(=NC(=O)c2cccc(OC)c2OC)sc2cc(OC)c(OC)cc21. The molecule has 0 spiro atoms. The van der Waals surface area contributed by atoms with E-state index >= 15 is 0 Å². The Hall–Kier alpha value is -3.26. The summed E-state index contributed by atoms with van der Waals surface area (Å²) in [5.74, 6) is 1.60. The molecule has 0 atom stereocenters. The van der Waals surface area contributed by atoms with E-state index in [1.165, 1.54) is 25.6 Å². The predicted molar refractivity (Wildman–Crippen MR) is 113 cm³/mol. The standard InChI is InChI=1S/C21H22N2O5S/c1-6-10-23-14-11-16(26-3)17(27-4)12-18(14)29-21(23)22-20(24)13-8-7-9-15(25-2)19(13)28-5/h6-9,11-12H,1,10H2,2-5H3. The van der Waals surface area contributed by atoms with Gasteiger partial charge in [-0.1, -0.05) is 23.5 Å². The van der Waals surface area contributed by atoms with Crippen LogP contribution in [-0.2, 0) is 6.54 Å². The van der Waals surface area contributed by atoms with Gasteiger partial charge in [-0.05, 0) is 12.1 Å². The second kappa shape index (κ2) is 8.83. The van der Waals surface area contributed by atoms with E-state index in [4.69, 9.17) is 18.9 Å². The van der Waals surface area contributed by atoms with Crippen molar-refractivity contribution in [3.8, 4) is 23.0 Å². The second-order valence-electron chi connectivity index (χ2n) is 5.92. The largest absolute Gasteiger partial charge is 0.493 e. The van der Waals surface area contributed by atoms with E-state index in [0.29, 0.717) is 39.9 Å². The number of methoxy groups -OCH3 is 4. The summed E-state index contributed by atoms with van der Waals surface area (Å²) in [6.07, 6.45) is 1.75. The number of rotatable bonds is 7. The number of carbonyl (C=O) groups is 1. The molecule has 2 aromatic carbocycles. The van der Waals surface area contributed by atoms with Crippen LogP contribution in [0.5, 0.6) is 23.0 Å². The van der Waals surface area contributed by atoms with Crippen LogP contribution in [0.4, 0.5) is 0 Å². The molecule has 0 radical (unpaired) electrons. The van der Waals surface area contributed by atoms with Gasteiger partial charge in [0.15, 0.2) is 27.8 Å². The van der Waals surface area contributed by atoms with Crippen molar-refractivity contribution in [3.05, 3.63) is 53.4 Å². The normalized spacial score (nSPS) is 11.4. The molecule has 29 heavy (non-hydrogen) atoms. The molecule has 0 fully saturated rings. The smallest absolute Gasteiger partial charge is 0.283 e. The van der Waals surface area contributed by atoms with E-state index in [2.05, 4.69) is 11.6 Å². The van der Waals surface area contributed by atoms with Crippen molar-refractivity contribution in [2.45, 2.75) is 6.54 Å². The van der Waals surface area contributed by atoms with Crippen LogP contribution in [0.1, 0.15) is 10.4 Å². The maximum absolute atomic E-state index is 13.0. The Kier molecular flexibility index (Phi) is 6.23. The van der Waals surface area contributed by atoms with Crippen molar-refractivity contribution in [2.24, 2.45) is 4.99 Å². The Morgan fingerprint density at radius 1 is 1.07 bits per heavy atom. The van der Waals surface area contributed by atoms with Crippen LogP contribution in [-0.4, -0.2) is 38.9 Å². The van der Waals surface area contributed by atoms with E-state index in [1.807, 2.05) is 16.7 Å². The van der Waals surface area contributed by atoms with E-state index in [0.717, 1.165) is 10.2 Å². The summed E-state index contributed by atoms with van der Waals surface area (Å²) in [7, 11) is 6.18. The molecule has 8 heteroatoms. The Bertz CT molecular complexity index is 1130. The number of hydrogen-bond donors (Lipinski definition) is 0. The van der Waals surface area contributed by atoms with Gasteiger partial charge in [-0.25, -0.2) is 0 Å². The summed E-state index contributed by atoms with van der Waals surface area (Å²) in [5, 5.41) is 0. The first-order chi connectivity index (χ1) is 14.1. The fourth-order valence-corrected chi connectivity index (χ4v) is 4.04. The first-order valence-electron chi connectivity index (χ1n) is 8.74. The Morgan fingerprint density at radius 2 is 1.76 bits per heavy atom. The van der Waals surface area contributed by atoms with Crippen LogP contribution in [0.25, 0.3) is 10.2 Å². The van der Waals surface area contributed by atoms with E-state index in [1.54, 1.807) is 38.5 Å². The van der Waals surface area contributed by atoms with Gasteiger partial charge in [0.05, 0.1) is 44.2 Å². The number of amides is 1. The lowest BCUT2D eigenvalue weighted by atomic mass is 10.2. The molecule has 3 rings (SSSR count). The second-order valence-corrected chi connectivity index (χ2v) is 6.93. The summed E-state index contributed by atoms with van der Waals surface area (Å²) in [4.78, 5) is 17.8. The summed E-state index contributed by atoms with van der Waals surface area (Å²) in [5.41, 5.74) is 1.20. The zero-order chi connectivity index (χ0) is 21.0. The molecule has 0 aliphatic carbocycles. The minimum absolute atomic E-state index is 0.324. The third-order valence-electron chi connectivity index (χ3n) is 4.33. The Morgan fingerprint density at radius 3 is 2.38 bits per heavy atom. The molecule has 0 aliphatic rings. The topological polar surface area (TPSA) is 71.3 Å². The lowest BCUT2D eigenvalue weighted by Crippen LogP contribution is -2.16. The number of fused-ring (bicyclic) bond motifs is 1. The zero-order valence-corrected chi connectivity index (χ0v) is 17.5. The quantitative estimate of drug-likeness (QED) is 0.552. The average molecular weight is 414 g/mol. The molecule has 0 saturated heterocycles. The van der Waals surface area contributed by atoms with Crippen LogP contribution in [0.15, 0.2) is 48.0 Å². The highest BCUT2D eigenvalue weighted by Crippen LogP contribution is 2.34. The first kappa shape index (κ1) is 20.5. The number of thiazole rings is 1. The van der Waals surface area contributed by atoms with Gasteiger partial charge in [-0.2, -0.15) is 4.99 Å². The maximum Gasteiger partial charge on any atom is 0.283 e. The molecular weight excluding hydrogens is 392 g/mol.